The van der Waals surface area contributed by atoms with Crippen LogP contribution in [0.4, 0.5) is 4.39 Å². The molecule has 1 N–H and O–H groups in total. The molecule has 0 radical (unpaired) electrons. The minimum atomic E-state index is -0.179. The minimum absolute atomic E-state index is 0.179. The van der Waals surface area contributed by atoms with E-state index in [4.69, 9.17) is 0 Å². The number of hydrogen-bond acceptors (Lipinski definition) is 2. The van der Waals surface area contributed by atoms with Crippen LogP contribution < -0.4 is 5.32 Å². The zero-order valence-corrected chi connectivity index (χ0v) is 12.8. The van der Waals surface area contributed by atoms with Crippen LogP contribution in [-0.2, 0) is 13.5 Å². The van der Waals surface area contributed by atoms with Crippen molar-refractivity contribution in [1.29, 1.82) is 0 Å². The Morgan fingerprint density at radius 2 is 2.00 bits per heavy atom. The van der Waals surface area contributed by atoms with Crippen LogP contribution in [0, 0.1) is 5.82 Å². The number of nitrogens with zero attached hydrogens (tertiary/aromatic N) is 2. The second-order valence-electron chi connectivity index (χ2n) is 5.43. The highest BCUT2D eigenvalue weighted by Gasteiger charge is 2.10. The Labute approximate surface area is 126 Å². The van der Waals surface area contributed by atoms with E-state index in [0.717, 1.165) is 30.6 Å². The average molecular weight is 289 g/mol. The third-order valence-corrected chi connectivity index (χ3v) is 3.66. The van der Waals surface area contributed by atoms with Crippen molar-refractivity contribution in [1.82, 2.24) is 15.1 Å². The largest absolute Gasteiger partial charge is 0.310 e. The number of unbranched alkanes of at least 4 members (excludes halogenated alkanes) is 1. The summed E-state index contributed by atoms with van der Waals surface area (Å²) >= 11 is 0. The predicted molar refractivity (Wildman–Crippen MR) is 83.6 cm³/mol. The van der Waals surface area contributed by atoms with Crippen molar-refractivity contribution >= 4 is 0 Å². The lowest BCUT2D eigenvalue weighted by molar-refractivity contribution is 0.481. The van der Waals surface area contributed by atoms with E-state index in [1.54, 1.807) is 0 Å². The van der Waals surface area contributed by atoms with Crippen LogP contribution in [0.5, 0.6) is 0 Å². The molecular formula is C17H24FN3. The van der Waals surface area contributed by atoms with E-state index in [1.165, 1.54) is 25.0 Å². The lowest BCUT2D eigenvalue weighted by Gasteiger charge is -2.19. The van der Waals surface area contributed by atoms with Gasteiger partial charge >= 0.3 is 0 Å². The fourth-order valence-electron chi connectivity index (χ4n) is 2.46. The van der Waals surface area contributed by atoms with E-state index < -0.39 is 0 Å². The highest BCUT2D eigenvalue weighted by Crippen LogP contribution is 2.19. The third-order valence-electron chi connectivity index (χ3n) is 3.66. The lowest BCUT2D eigenvalue weighted by atomic mass is 10.0. The topological polar surface area (TPSA) is 29.9 Å². The molecule has 21 heavy (non-hydrogen) atoms. The van der Waals surface area contributed by atoms with Gasteiger partial charge in [0.2, 0.25) is 0 Å². The molecule has 0 bridgehead atoms. The van der Waals surface area contributed by atoms with E-state index in [9.17, 15) is 4.39 Å². The Hall–Kier alpha value is -1.68. The molecule has 4 heteroatoms. The molecule has 0 amide bonds. The number of nitrogens with one attached hydrogen (secondary N) is 1. The van der Waals surface area contributed by atoms with Crippen molar-refractivity contribution in [3.63, 3.8) is 0 Å². The van der Waals surface area contributed by atoms with Crippen molar-refractivity contribution in [2.24, 2.45) is 7.05 Å². The summed E-state index contributed by atoms with van der Waals surface area (Å²) in [6.07, 6.45) is 6.27. The molecule has 0 saturated heterocycles. The predicted octanol–water partition coefficient (Wildman–Crippen LogP) is 3.62. The molecule has 114 valence electrons. The van der Waals surface area contributed by atoms with Gasteiger partial charge in [-0.3, -0.25) is 4.68 Å². The van der Waals surface area contributed by atoms with Crippen molar-refractivity contribution in [3.8, 4) is 0 Å². The number of aromatic nitrogens is 2. The summed E-state index contributed by atoms with van der Waals surface area (Å²) in [5.74, 6) is -0.179. The van der Waals surface area contributed by atoms with Crippen LogP contribution >= 0.6 is 0 Å². The summed E-state index contributed by atoms with van der Waals surface area (Å²) in [7, 11) is 1.93. The van der Waals surface area contributed by atoms with E-state index in [-0.39, 0.29) is 11.9 Å². The van der Waals surface area contributed by atoms with E-state index >= 15 is 0 Å². The number of benzene rings is 1. The molecule has 0 saturated carbocycles. The van der Waals surface area contributed by atoms with Crippen LogP contribution in [0.25, 0.3) is 0 Å². The number of halogens is 1. The van der Waals surface area contributed by atoms with E-state index in [2.05, 4.69) is 17.3 Å². The Kier molecular flexibility index (Phi) is 5.93. The molecule has 0 aliphatic carbocycles. The van der Waals surface area contributed by atoms with Gasteiger partial charge in [-0.15, -0.1) is 0 Å². The maximum absolute atomic E-state index is 13.0. The first-order valence-electron chi connectivity index (χ1n) is 7.66. The molecule has 2 aromatic rings. The van der Waals surface area contributed by atoms with Gasteiger partial charge in [0.25, 0.3) is 0 Å². The highest BCUT2D eigenvalue weighted by atomic mass is 19.1. The second kappa shape index (κ2) is 7.93. The van der Waals surface area contributed by atoms with Crippen LogP contribution in [0.3, 0.4) is 0 Å². The van der Waals surface area contributed by atoms with E-state index in [0.29, 0.717) is 0 Å². The van der Waals surface area contributed by atoms with E-state index in [1.807, 2.05) is 36.1 Å². The number of rotatable bonds is 8. The summed E-state index contributed by atoms with van der Waals surface area (Å²) < 4.78 is 14.9. The maximum atomic E-state index is 13.0. The number of hydrogen-bond donors (Lipinski definition) is 1. The van der Waals surface area contributed by atoms with Gasteiger partial charge in [-0.25, -0.2) is 4.39 Å². The second-order valence-corrected chi connectivity index (χ2v) is 5.43. The maximum Gasteiger partial charge on any atom is 0.123 e. The smallest absolute Gasteiger partial charge is 0.123 e. The van der Waals surface area contributed by atoms with Crippen LogP contribution in [0.1, 0.15) is 43.5 Å². The molecule has 2 rings (SSSR count). The first kappa shape index (κ1) is 15.7. The summed E-state index contributed by atoms with van der Waals surface area (Å²) in [6, 6.07) is 9.16. The molecule has 0 aliphatic heterocycles. The van der Waals surface area contributed by atoms with Gasteiger partial charge < -0.3 is 5.32 Å². The van der Waals surface area contributed by atoms with Crippen molar-refractivity contribution in [2.75, 3.05) is 6.54 Å². The van der Waals surface area contributed by atoms with Gasteiger partial charge in [0.1, 0.15) is 5.82 Å². The van der Waals surface area contributed by atoms with Gasteiger partial charge in [0, 0.05) is 32.3 Å². The molecule has 1 unspecified atom stereocenters. The quantitative estimate of drug-likeness (QED) is 0.804. The molecular weight excluding hydrogens is 265 g/mol. The van der Waals surface area contributed by atoms with Crippen LogP contribution in [0.15, 0.2) is 36.5 Å². The molecule has 3 nitrogen and oxygen atoms in total. The molecule has 0 aliphatic rings. The van der Waals surface area contributed by atoms with Gasteiger partial charge in [0.15, 0.2) is 0 Å². The Morgan fingerprint density at radius 3 is 2.62 bits per heavy atom. The fraction of sp³-hybridized carbons (Fsp3) is 0.471. The van der Waals surface area contributed by atoms with Crippen molar-refractivity contribution < 1.29 is 4.39 Å². The minimum Gasteiger partial charge on any atom is -0.310 e. The monoisotopic (exact) mass is 289 g/mol. The fourth-order valence-corrected chi connectivity index (χ4v) is 2.46. The Balaban J connectivity index is 1.91. The zero-order chi connectivity index (χ0) is 15.1. The lowest BCUT2D eigenvalue weighted by Crippen LogP contribution is -2.24. The first-order chi connectivity index (χ1) is 10.2. The normalized spacial score (nSPS) is 12.5. The summed E-state index contributed by atoms with van der Waals surface area (Å²) in [4.78, 5) is 0. The molecule has 1 atom stereocenters. The molecule has 1 aromatic carbocycles. The molecule has 1 aromatic heterocycles. The standard InChI is InChI=1S/C17H24FN3/c1-3-4-5-17(14-6-8-15(18)9-7-14)19-12-10-16-11-13-21(2)20-16/h6-9,11,13,17,19H,3-5,10,12H2,1-2H3. The van der Waals surface area contributed by atoms with Gasteiger partial charge in [-0.1, -0.05) is 31.9 Å². The summed E-state index contributed by atoms with van der Waals surface area (Å²) in [5.41, 5.74) is 2.25. The van der Waals surface area contributed by atoms with Gasteiger partial charge in [0.05, 0.1) is 5.69 Å². The van der Waals surface area contributed by atoms with Crippen LogP contribution in [0.2, 0.25) is 0 Å². The summed E-state index contributed by atoms with van der Waals surface area (Å²) in [5, 5.41) is 7.96. The average Bonchev–Trinajstić information content (AvgIpc) is 2.89. The van der Waals surface area contributed by atoms with Crippen molar-refractivity contribution in [3.05, 3.63) is 53.6 Å². The summed E-state index contributed by atoms with van der Waals surface area (Å²) in [6.45, 7) is 3.07. The molecule has 0 fully saturated rings. The molecule has 0 spiro atoms. The first-order valence-corrected chi connectivity index (χ1v) is 7.66. The number of aryl methyl sites for hydroxylation is 1. The van der Waals surface area contributed by atoms with Crippen LogP contribution in [-0.4, -0.2) is 16.3 Å². The van der Waals surface area contributed by atoms with Gasteiger partial charge in [-0.05, 0) is 30.2 Å². The zero-order valence-electron chi connectivity index (χ0n) is 12.8. The van der Waals surface area contributed by atoms with Crippen molar-refractivity contribution in [2.45, 2.75) is 38.6 Å². The third kappa shape index (κ3) is 4.97. The Morgan fingerprint density at radius 1 is 1.24 bits per heavy atom. The highest BCUT2D eigenvalue weighted by molar-refractivity contribution is 5.20. The SMILES string of the molecule is CCCCC(NCCc1ccn(C)n1)c1ccc(F)cc1. The molecule has 1 heterocycles. The van der Waals surface area contributed by atoms with Gasteiger partial charge in [-0.2, -0.15) is 5.10 Å². The Bertz CT molecular complexity index is 533.